The summed E-state index contributed by atoms with van der Waals surface area (Å²) in [5.74, 6) is -0.196. The van der Waals surface area contributed by atoms with Crippen molar-refractivity contribution in [3.63, 3.8) is 0 Å². The SMILES string of the molecule is Cc1ccc(SC2(C(=O)N3CC[C@@H](O)C3)CC(=O)N(Cc3ccc(Br)cc3)[C@H]2c2c[nH]c3cc(Cl)ccc23)cc1. The third kappa shape index (κ3) is 5.07. The van der Waals surface area contributed by atoms with Gasteiger partial charge in [-0.1, -0.05) is 63.4 Å². The Kier molecular flexibility index (Phi) is 7.46. The highest BCUT2D eigenvalue weighted by atomic mass is 79.9. The van der Waals surface area contributed by atoms with Gasteiger partial charge in [0, 0.05) is 56.7 Å². The molecular formula is C31H29BrClN3O3S. The number of benzene rings is 3. The fourth-order valence-electron chi connectivity index (χ4n) is 5.89. The van der Waals surface area contributed by atoms with Crippen LogP contribution in [0.2, 0.25) is 5.02 Å². The summed E-state index contributed by atoms with van der Waals surface area (Å²) in [7, 11) is 0. The van der Waals surface area contributed by atoms with Gasteiger partial charge < -0.3 is 19.9 Å². The van der Waals surface area contributed by atoms with E-state index in [2.05, 4.69) is 20.9 Å². The molecule has 3 atom stereocenters. The number of rotatable bonds is 6. The van der Waals surface area contributed by atoms with Gasteiger partial charge in [0.2, 0.25) is 11.8 Å². The maximum atomic E-state index is 14.6. The second-order valence-electron chi connectivity index (χ2n) is 10.7. The number of hydrogen-bond donors (Lipinski definition) is 2. The molecule has 0 radical (unpaired) electrons. The van der Waals surface area contributed by atoms with Crippen LogP contribution in [0.4, 0.5) is 0 Å². The number of aliphatic hydroxyl groups is 1. The Bertz CT molecular complexity index is 1580. The molecule has 2 amide bonds. The van der Waals surface area contributed by atoms with Crippen LogP contribution in [-0.2, 0) is 16.1 Å². The Morgan fingerprint density at radius 1 is 1.15 bits per heavy atom. The van der Waals surface area contributed by atoms with Gasteiger partial charge in [0.25, 0.3) is 0 Å². The molecule has 1 aromatic heterocycles. The van der Waals surface area contributed by atoms with Crippen LogP contribution in [0, 0.1) is 6.92 Å². The van der Waals surface area contributed by atoms with E-state index in [9.17, 15) is 14.7 Å². The molecule has 0 saturated carbocycles. The molecule has 2 fully saturated rings. The number of thioether (sulfide) groups is 1. The molecule has 0 spiro atoms. The molecule has 2 saturated heterocycles. The van der Waals surface area contributed by atoms with Crippen LogP contribution >= 0.6 is 39.3 Å². The molecule has 6 rings (SSSR count). The van der Waals surface area contributed by atoms with Crippen LogP contribution in [0.15, 0.2) is 82.3 Å². The van der Waals surface area contributed by atoms with Crippen molar-refractivity contribution in [3.05, 3.63) is 99.1 Å². The van der Waals surface area contributed by atoms with Gasteiger partial charge in [0.15, 0.2) is 0 Å². The van der Waals surface area contributed by atoms with E-state index in [4.69, 9.17) is 11.6 Å². The van der Waals surface area contributed by atoms with Gasteiger partial charge in [-0.3, -0.25) is 9.59 Å². The largest absolute Gasteiger partial charge is 0.391 e. The number of carbonyl (C=O) groups is 2. The number of hydrogen-bond acceptors (Lipinski definition) is 4. The lowest BCUT2D eigenvalue weighted by Gasteiger charge is -2.38. The van der Waals surface area contributed by atoms with Gasteiger partial charge in [0.05, 0.1) is 18.6 Å². The normalized spacial score (nSPS) is 22.9. The number of nitrogens with one attached hydrogen (secondary N) is 1. The zero-order chi connectivity index (χ0) is 28.0. The molecule has 3 aromatic carbocycles. The van der Waals surface area contributed by atoms with E-state index >= 15 is 0 Å². The Hall–Kier alpha value is -2.78. The number of aromatic nitrogens is 1. The van der Waals surface area contributed by atoms with E-state index in [1.54, 1.807) is 4.90 Å². The first-order valence-corrected chi connectivity index (χ1v) is 15.3. The monoisotopic (exact) mass is 637 g/mol. The van der Waals surface area contributed by atoms with Crippen LogP contribution < -0.4 is 0 Å². The molecule has 0 aliphatic carbocycles. The fourth-order valence-corrected chi connectivity index (χ4v) is 7.80. The molecule has 40 heavy (non-hydrogen) atoms. The number of aromatic amines is 1. The van der Waals surface area contributed by atoms with Crippen molar-refractivity contribution in [2.45, 2.75) is 48.1 Å². The minimum Gasteiger partial charge on any atom is -0.391 e. The van der Waals surface area contributed by atoms with Crippen molar-refractivity contribution in [1.82, 2.24) is 14.8 Å². The summed E-state index contributed by atoms with van der Waals surface area (Å²) in [6, 6.07) is 21.1. The second kappa shape index (κ2) is 10.9. The summed E-state index contributed by atoms with van der Waals surface area (Å²) in [6.07, 6.45) is 1.94. The number of aryl methyl sites for hydroxylation is 1. The highest BCUT2D eigenvalue weighted by molar-refractivity contribution is 9.10. The molecule has 206 valence electrons. The molecule has 4 aromatic rings. The van der Waals surface area contributed by atoms with Crippen LogP contribution in [-0.4, -0.2) is 55.6 Å². The summed E-state index contributed by atoms with van der Waals surface area (Å²) in [5.41, 5.74) is 3.83. The number of carbonyl (C=O) groups excluding carboxylic acids is 2. The molecule has 1 unspecified atom stereocenters. The minimum atomic E-state index is -1.14. The van der Waals surface area contributed by atoms with Gasteiger partial charge in [-0.2, -0.15) is 0 Å². The first-order chi connectivity index (χ1) is 19.2. The molecule has 3 heterocycles. The standard InChI is InChI=1S/C31H29BrClN3O3S/c1-19-2-9-24(10-3-19)40-31(30(39)35-13-12-23(37)18-35)15-28(38)36(17-20-4-6-21(32)7-5-20)29(31)26-16-34-27-14-22(33)8-11-25(26)27/h2-11,14,16,23,29,34,37H,12-13,15,17-18H2,1H3/t23-,29+,31?/m1/s1. The number of aliphatic hydroxyl groups excluding tert-OH is 1. The first-order valence-electron chi connectivity index (χ1n) is 13.3. The van der Waals surface area contributed by atoms with Crippen molar-refractivity contribution in [2.24, 2.45) is 0 Å². The van der Waals surface area contributed by atoms with Crippen molar-refractivity contribution in [1.29, 1.82) is 0 Å². The van der Waals surface area contributed by atoms with Crippen LogP contribution in [0.3, 0.4) is 0 Å². The van der Waals surface area contributed by atoms with Gasteiger partial charge in [-0.15, -0.1) is 11.8 Å². The van der Waals surface area contributed by atoms with Crippen molar-refractivity contribution >= 4 is 62.0 Å². The van der Waals surface area contributed by atoms with Crippen molar-refractivity contribution < 1.29 is 14.7 Å². The summed E-state index contributed by atoms with van der Waals surface area (Å²) in [4.78, 5) is 36.5. The topological polar surface area (TPSA) is 76.6 Å². The maximum absolute atomic E-state index is 14.6. The van der Waals surface area contributed by atoms with E-state index in [1.165, 1.54) is 11.8 Å². The van der Waals surface area contributed by atoms with E-state index in [0.717, 1.165) is 37.0 Å². The summed E-state index contributed by atoms with van der Waals surface area (Å²) >= 11 is 11.3. The third-order valence-electron chi connectivity index (χ3n) is 7.86. The molecule has 9 heteroatoms. The highest BCUT2D eigenvalue weighted by Crippen LogP contribution is 2.55. The number of nitrogens with zero attached hydrogens (tertiary/aromatic N) is 2. The number of likely N-dealkylation sites (tertiary alicyclic amines) is 2. The van der Waals surface area contributed by atoms with Crippen LogP contribution in [0.25, 0.3) is 10.9 Å². The smallest absolute Gasteiger partial charge is 0.242 e. The summed E-state index contributed by atoms with van der Waals surface area (Å²) in [5, 5.41) is 11.9. The average Bonchev–Trinajstić information content (AvgIpc) is 3.62. The molecular weight excluding hydrogens is 610 g/mol. The fraction of sp³-hybridized carbons (Fsp3) is 0.290. The number of halogens is 2. The molecule has 2 aliphatic heterocycles. The molecule has 2 aliphatic rings. The van der Waals surface area contributed by atoms with Gasteiger partial charge in [-0.05, 0) is 55.3 Å². The highest BCUT2D eigenvalue weighted by Gasteiger charge is 2.60. The van der Waals surface area contributed by atoms with Gasteiger partial charge >= 0.3 is 0 Å². The lowest BCUT2D eigenvalue weighted by Crippen LogP contribution is -2.49. The van der Waals surface area contributed by atoms with Gasteiger partial charge in [-0.25, -0.2) is 0 Å². The van der Waals surface area contributed by atoms with Gasteiger partial charge in [0.1, 0.15) is 4.75 Å². The summed E-state index contributed by atoms with van der Waals surface area (Å²) < 4.78 is -0.179. The quantitative estimate of drug-likeness (QED) is 0.253. The number of β-amino-alcohol motifs (C(OH)–C–C–N with tert-alkyl or cyclic N) is 1. The van der Waals surface area contributed by atoms with Crippen LogP contribution in [0.5, 0.6) is 0 Å². The second-order valence-corrected chi connectivity index (χ2v) is 13.4. The Labute approximate surface area is 250 Å². The lowest BCUT2D eigenvalue weighted by molar-refractivity contribution is -0.134. The Morgan fingerprint density at radius 3 is 2.60 bits per heavy atom. The lowest BCUT2D eigenvalue weighted by atomic mass is 9.90. The number of H-pyrrole nitrogens is 1. The molecule has 6 nitrogen and oxygen atoms in total. The van der Waals surface area contributed by atoms with E-state index in [-0.39, 0.29) is 24.8 Å². The predicted octanol–water partition coefficient (Wildman–Crippen LogP) is 6.49. The minimum absolute atomic E-state index is 0.0540. The maximum Gasteiger partial charge on any atom is 0.242 e. The predicted molar refractivity (Wildman–Crippen MR) is 162 cm³/mol. The first kappa shape index (κ1) is 27.4. The number of fused-ring (bicyclic) bond motifs is 1. The third-order valence-corrected chi connectivity index (χ3v) is 10.0. The zero-order valence-electron chi connectivity index (χ0n) is 21.9. The van der Waals surface area contributed by atoms with Crippen molar-refractivity contribution in [3.8, 4) is 0 Å². The summed E-state index contributed by atoms with van der Waals surface area (Å²) in [6.45, 7) is 3.13. The van der Waals surface area contributed by atoms with E-state index in [1.807, 2.05) is 84.8 Å². The average molecular weight is 639 g/mol. The Balaban J connectivity index is 1.53. The van der Waals surface area contributed by atoms with Crippen molar-refractivity contribution in [2.75, 3.05) is 13.1 Å². The van der Waals surface area contributed by atoms with E-state index < -0.39 is 16.9 Å². The Morgan fingerprint density at radius 2 is 1.90 bits per heavy atom. The van der Waals surface area contributed by atoms with E-state index in [0.29, 0.717) is 24.5 Å². The molecule has 2 N–H and O–H groups in total. The van der Waals surface area contributed by atoms with Crippen LogP contribution in [0.1, 0.15) is 35.6 Å². The number of amides is 2. The molecule has 0 bridgehead atoms. The zero-order valence-corrected chi connectivity index (χ0v) is 25.1.